The van der Waals surface area contributed by atoms with Crippen molar-refractivity contribution in [1.82, 2.24) is 25.0 Å². The molecule has 1 aliphatic rings. The first-order valence-corrected chi connectivity index (χ1v) is 10.3. The molecule has 0 radical (unpaired) electrons. The number of hydrogen-bond acceptors (Lipinski definition) is 7. The zero-order valence-electron chi connectivity index (χ0n) is 18.0. The lowest BCUT2D eigenvalue weighted by atomic mass is 10.1. The van der Waals surface area contributed by atoms with E-state index in [-0.39, 0.29) is 17.7 Å². The SMILES string of the molecule is COc1cccc(CN2CCc3nnc([C@H](C)NC(=O)c4ccco4)n3CC2)c1OC. The predicted molar refractivity (Wildman–Crippen MR) is 113 cm³/mol. The molecule has 9 heteroatoms. The van der Waals surface area contributed by atoms with Crippen LogP contribution >= 0.6 is 0 Å². The number of rotatable bonds is 7. The molecule has 0 saturated heterocycles. The van der Waals surface area contributed by atoms with E-state index in [9.17, 15) is 4.79 Å². The summed E-state index contributed by atoms with van der Waals surface area (Å²) in [6.45, 7) is 5.08. The van der Waals surface area contributed by atoms with Gasteiger partial charge in [0.1, 0.15) is 5.82 Å². The van der Waals surface area contributed by atoms with Gasteiger partial charge in [-0.3, -0.25) is 9.69 Å². The number of carbonyl (C=O) groups excluding carboxylic acids is 1. The van der Waals surface area contributed by atoms with E-state index in [0.717, 1.165) is 61.3 Å². The van der Waals surface area contributed by atoms with Crippen LogP contribution in [0, 0.1) is 0 Å². The summed E-state index contributed by atoms with van der Waals surface area (Å²) in [4.78, 5) is 14.7. The van der Waals surface area contributed by atoms with Crippen molar-refractivity contribution in [1.29, 1.82) is 0 Å². The summed E-state index contributed by atoms with van der Waals surface area (Å²) in [6, 6.07) is 8.97. The molecule has 4 rings (SSSR count). The van der Waals surface area contributed by atoms with Crippen LogP contribution < -0.4 is 14.8 Å². The Labute approximate surface area is 181 Å². The van der Waals surface area contributed by atoms with Crippen LogP contribution in [0.15, 0.2) is 41.0 Å². The van der Waals surface area contributed by atoms with E-state index in [4.69, 9.17) is 13.9 Å². The minimum absolute atomic E-state index is 0.268. The maximum atomic E-state index is 12.3. The van der Waals surface area contributed by atoms with E-state index in [1.807, 2.05) is 19.1 Å². The molecule has 1 amide bonds. The first-order valence-electron chi connectivity index (χ1n) is 10.3. The summed E-state index contributed by atoms with van der Waals surface area (Å²) in [5.74, 6) is 3.18. The summed E-state index contributed by atoms with van der Waals surface area (Å²) >= 11 is 0. The fraction of sp³-hybridized carbons (Fsp3) is 0.409. The van der Waals surface area contributed by atoms with Crippen molar-refractivity contribution in [2.24, 2.45) is 0 Å². The first-order chi connectivity index (χ1) is 15.1. The van der Waals surface area contributed by atoms with Crippen LogP contribution in [-0.4, -0.2) is 52.9 Å². The molecule has 1 N–H and O–H groups in total. The predicted octanol–water partition coefficient (Wildman–Crippen LogP) is 2.44. The molecule has 0 spiro atoms. The maximum Gasteiger partial charge on any atom is 0.287 e. The normalized spacial score (nSPS) is 15.1. The Bertz CT molecular complexity index is 1030. The molecule has 0 bridgehead atoms. The Morgan fingerprint density at radius 1 is 1.16 bits per heavy atom. The number of nitrogens with zero attached hydrogens (tertiary/aromatic N) is 4. The van der Waals surface area contributed by atoms with Gasteiger partial charge in [-0.25, -0.2) is 0 Å². The molecule has 0 unspecified atom stereocenters. The molecular weight excluding hydrogens is 398 g/mol. The third-order valence-corrected chi connectivity index (χ3v) is 5.51. The van der Waals surface area contributed by atoms with E-state index in [1.165, 1.54) is 6.26 Å². The molecule has 164 valence electrons. The van der Waals surface area contributed by atoms with Crippen LogP contribution in [0.3, 0.4) is 0 Å². The Balaban J connectivity index is 1.44. The van der Waals surface area contributed by atoms with Gasteiger partial charge in [0.05, 0.1) is 26.5 Å². The maximum absolute atomic E-state index is 12.3. The molecule has 3 aromatic rings. The quantitative estimate of drug-likeness (QED) is 0.621. The Hall–Kier alpha value is -3.33. The van der Waals surface area contributed by atoms with Gasteiger partial charge in [-0.1, -0.05) is 12.1 Å². The molecule has 2 aromatic heterocycles. The highest BCUT2D eigenvalue weighted by molar-refractivity contribution is 5.91. The van der Waals surface area contributed by atoms with E-state index in [0.29, 0.717) is 0 Å². The highest BCUT2D eigenvalue weighted by Crippen LogP contribution is 2.31. The fourth-order valence-corrected chi connectivity index (χ4v) is 3.93. The number of ether oxygens (including phenoxy) is 2. The number of fused-ring (bicyclic) bond motifs is 1. The third-order valence-electron chi connectivity index (χ3n) is 5.51. The molecule has 1 aliphatic heterocycles. The monoisotopic (exact) mass is 425 g/mol. The van der Waals surface area contributed by atoms with Crippen molar-refractivity contribution in [2.75, 3.05) is 27.3 Å². The number of carbonyl (C=O) groups is 1. The average Bonchev–Trinajstić information content (AvgIpc) is 3.42. The van der Waals surface area contributed by atoms with Gasteiger partial charge in [0.15, 0.2) is 23.1 Å². The van der Waals surface area contributed by atoms with Crippen molar-refractivity contribution in [3.05, 3.63) is 59.6 Å². The van der Waals surface area contributed by atoms with Crippen LogP contribution in [0.1, 0.15) is 40.7 Å². The highest BCUT2D eigenvalue weighted by Gasteiger charge is 2.24. The molecule has 0 aliphatic carbocycles. The van der Waals surface area contributed by atoms with Crippen molar-refractivity contribution in [3.8, 4) is 11.5 Å². The number of para-hydroxylation sites is 1. The lowest BCUT2D eigenvalue weighted by Gasteiger charge is -2.22. The highest BCUT2D eigenvalue weighted by atomic mass is 16.5. The third kappa shape index (κ3) is 4.41. The van der Waals surface area contributed by atoms with Gasteiger partial charge in [-0.15, -0.1) is 10.2 Å². The van der Waals surface area contributed by atoms with Crippen LogP contribution in [0.4, 0.5) is 0 Å². The van der Waals surface area contributed by atoms with Crippen molar-refractivity contribution < 1.29 is 18.7 Å². The van der Waals surface area contributed by atoms with Crippen molar-refractivity contribution >= 4 is 5.91 Å². The molecular formula is C22H27N5O4. The fourth-order valence-electron chi connectivity index (χ4n) is 3.93. The first kappa shape index (κ1) is 20.9. The minimum atomic E-state index is -0.288. The van der Waals surface area contributed by atoms with Crippen molar-refractivity contribution in [2.45, 2.75) is 32.5 Å². The Kier molecular flexibility index (Phi) is 6.22. The Morgan fingerprint density at radius 2 is 2.03 bits per heavy atom. The second kappa shape index (κ2) is 9.22. The summed E-state index contributed by atoms with van der Waals surface area (Å²) in [5.41, 5.74) is 1.08. The zero-order chi connectivity index (χ0) is 21.8. The van der Waals surface area contributed by atoms with Crippen LogP contribution in [0.2, 0.25) is 0 Å². The second-order valence-corrected chi connectivity index (χ2v) is 7.48. The van der Waals surface area contributed by atoms with Crippen LogP contribution in [0.25, 0.3) is 0 Å². The van der Waals surface area contributed by atoms with Crippen LogP contribution in [0.5, 0.6) is 11.5 Å². The summed E-state index contributed by atoms with van der Waals surface area (Å²) in [6.07, 6.45) is 2.26. The van der Waals surface area contributed by atoms with Gasteiger partial charge < -0.3 is 23.8 Å². The van der Waals surface area contributed by atoms with Crippen molar-refractivity contribution in [3.63, 3.8) is 0 Å². The standard InChI is InChI=1S/C22H27N5O4/c1-15(23-22(28)18-8-5-13-31-18)21-25-24-19-9-10-26(11-12-27(19)21)14-16-6-4-7-17(29-2)20(16)30-3/h4-8,13,15H,9-12,14H2,1-3H3,(H,23,28)/t15-/m0/s1. The largest absolute Gasteiger partial charge is 0.493 e. The van der Waals surface area contributed by atoms with Gasteiger partial charge in [0, 0.05) is 38.2 Å². The topological polar surface area (TPSA) is 94.6 Å². The Morgan fingerprint density at radius 3 is 2.77 bits per heavy atom. The number of amides is 1. The number of nitrogens with one attached hydrogen (secondary N) is 1. The van der Waals surface area contributed by atoms with E-state index in [1.54, 1.807) is 26.4 Å². The molecule has 0 saturated carbocycles. The van der Waals surface area contributed by atoms with Gasteiger partial charge >= 0.3 is 0 Å². The molecule has 9 nitrogen and oxygen atoms in total. The van der Waals surface area contributed by atoms with E-state index < -0.39 is 0 Å². The second-order valence-electron chi connectivity index (χ2n) is 7.48. The molecule has 1 atom stereocenters. The van der Waals surface area contributed by atoms with Gasteiger partial charge in [-0.2, -0.15) is 0 Å². The average molecular weight is 425 g/mol. The number of hydrogen-bond donors (Lipinski definition) is 1. The molecule has 0 fully saturated rings. The van der Waals surface area contributed by atoms with Gasteiger partial charge in [0.25, 0.3) is 5.91 Å². The lowest BCUT2D eigenvalue weighted by molar-refractivity contribution is 0.0909. The number of aromatic nitrogens is 3. The minimum Gasteiger partial charge on any atom is -0.493 e. The lowest BCUT2D eigenvalue weighted by Crippen LogP contribution is -2.30. The van der Waals surface area contributed by atoms with E-state index >= 15 is 0 Å². The summed E-state index contributed by atoms with van der Waals surface area (Å²) < 4.78 is 18.3. The molecule has 31 heavy (non-hydrogen) atoms. The number of methoxy groups -OCH3 is 2. The molecule has 3 heterocycles. The molecule has 1 aromatic carbocycles. The number of benzene rings is 1. The van der Waals surface area contributed by atoms with Crippen LogP contribution in [-0.2, 0) is 19.5 Å². The van der Waals surface area contributed by atoms with Gasteiger partial charge in [-0.05, 0) is 25.1 Å². The van der Waals surface area contributed by atoms with E-state index in [2.05, 4.69) is 31.0 Å². The smallest absolute Gasteiger partial charge is 0.287 e. The summed E-state index contributed by atoms with van der Waals surface area (Å²) in [7, 11) is 3.31. The van der Waals surface area contributed by atoms with Gasteiger partial charge in [0.2, 0.25) is 0 Å². The zero-order valence-corrected chi connectivity index (χ0v) is 18.0. The summed E-state index contributed by atoms with van der Waals surface area (Å²) in [5, 5.41) is 11.7. The number of furan rings is 1.